The molecule has 2 N–H and O–H groups in total. The van der Waals surface area contributed by atoms with Gasteiger partial charge in [0.05, 0.1) is 0 Å². The normalized spacial score (nSPS) is 11.2. The Kier molecular flexibility index (Phi) is 3.48. The summed E-state index contributed by atoms with van der Waals surface area (Å²) in [5, 5.41) is 12.1. The fourth-order valence-corrected chi connectivity index (χ4v) is 1.20. The van der Waals surface area contributed by atoms with Crippen LogP contribution in [0.15, 0.2) is 24.3 Å². The minimum Gasteiger partial charge on any atom is -0.381 e. The number of carbonyl (C=O) groups is 1. The Morgan fingerprint density at radius 2 is 2.00 bits per heavy atom. The fourth-order valence-electron chi connectivity index (χ4n) is 1.20. The van der Waals surface area contributed by atoms with Crippen molar-refractivity contribution >= 4 is 5.91 Å². The molecule has 0 atom stereocenters. The van der Waals surface area contributed by atoms with Crippen molar-refractivity contribution in [1.29, 1.82) is 0 Å². The largest absolute Gasteiger partial charge is 0.381 e. The van der Waals surface area contributed by atoms with Crippen LogP contribution in [0.4, 0.5) is 0 Å². The van der Waals surface area contributed by atoms with Crippen molar-refractivity contribution in [3.05, 3.63) is 35.4 Å². The highest BCUT2D eigenvalue weighted by Crippen LogP contribution is 2.07. The van der Waals surface area contributed by atoms with Gasteiger partial charge in [-0.15, -0.1) is 0 Å². The Hall–Kier alpha value is -1.35. The van der Waals surface area contributed by atoms with E-state index in [9.17, 15) is 9.90 Å². The lowest BCUT2D eigenvalue weighted by atomic mass is 10.1. The van der Waals surface area contributed by atoms with E-state index >= 15 is 0 Å². The van der Waals surface area contributed by atoms with Crippen LogP contribution in [0.1, 0.15) is 25.0 Å². The monoisotopic (exact) mass is 207 g/mol. The van der Waals surface area contributed by atoms with E-state index in [0.29, 0.717) is 6.54 Å². The molecule has 0 aliphatic rings. The van der Waals surface area contributed by atoms with E-state index in [1.165, 1.54) is 13.8 Å². The van der Waals surface area contributed by atoms with Gasteiger partial charge >= 0.3 is 0 Å². The smallest absolute Gasteiger partial charge is 0.251 e. The molecule has 1 amide bonds. The van der Waals surface area contributed by atoms with Crippen molar-refractivity contribution in [2.75, 3.05) is 0 Å². The molecule has 0 bridgehead atoms. The Balaban J connectivity index is 2.59. The number of benzene rings is 1. The van der Waals surface area contributed by atoms with E-state index in [4.69, 9.17) is 0 Å². The Labute approximate surface area is 90.1 Å². The summed E-state index contributed by atoms with van der Waals surface area (Å²) in [5.41, 5.74) is 0.881. The molecule has 3 nitrogen and oxygen atoms in total. The molecular weight excluding hydrogens is 190 g/mol. The standard InChI is InChI=1S/C12H17NO2/c1-9-6-4-5-7-10(9)8-13-11(14)12(2,3)15/h4-7,15H,8H2,1-3H3,(H,13,14). The highest BCUT2D eigenvalue weighted by Gasteiger charge is 2.22. The van der Waals surface area contributed by atoms with Crippen LogP contribution in [0, 0.1) is 6.92 Å². The number of hydrogen-bond acceptors (Lipinski definition) is 2. The second-order valence-electron chi connectivity index (χ2n) is 4.17. The lowest BCUT2D eigenvalue weighted by molar-refractivity contribution is -0.136. The van der Waals surface area contributed by atoms with Gasteiger partial charge in [0.2, 0.25) is 0 Å². The van der Waals surface area contributed by atoms with Gasteiger partial charge in [-0.2, -0.15) is 0 Å². The van der Waals surface area contributed by atoms with E-state index in [0.717, 1.165) is 11.1 Å². The van der Waals surface area contributed by atoms with Gasteiger partial charge in [0, 0.05) is 6.54 Å². The van der Waals surface area contributed by atoms with E-state index in [1.807, 2.05) is 31.2 Å². The average molecular weight is 207 g/mol. The number of nitrogens with one attached hydrogen (secondary N) is 1. The molecule has 0 saturated carbocycles. The van der Waals surface area contributed by atoms with Gasteiger partial charge in [-0.25, -0.2) is 0 Å². The maximum absolute atomic E-state index is 11.4. The minimum atomic E-state index is -1.32. The van der Waals surface area contributed by atoms with Crippen molar-refractivity contribution in [1.82, 2.24) is 5.32 Å². The molecule has 0 aromatic heterocycles. The number of carbonyl (C=O) groups excluding carboxylic acids is 1. The van der Waals surface area contributed by atoms with Crippen molar-refractivity contribution in [3.63, 3.8) is 0 Å². The molecule has 82 valence electrons. The number of aryl methyl sites for hydroxylation is 1. The molecule has 0 heterocycles. The number of amides is 1. The first-order valence-corrected chi connectivity index (χ1v) is 4.96. The molecule has 0 spiro atoms. The third-order valence-corrected chi connectivity index (χ3v) is 2.26. The second kappa shape index (κ2) is 4.45. The molecule has 1 aromatic rings. The fraction of sp³-hybridized carbons (Fsp3) is 0.417. The third kappa shape index (κ3) is 3.36. The van der Waals surface area contributed by atoms with Crippen LogP contribution >= 0.6 is 0 Å². The molecular formula is C12H17NO2. The summed E-state index contributed by atoms with van der Waals surface area (Å²) in [4.78, 5) is 11.4. The van der Waals surface area contributed by atoms with Gasteiger partial charge in [0.1, 0.15) is 5.60 Å². The van der Waals surface area contributed by atoms with E-state index < -0.39 is 5.60 Å². The number of hydrogen-bond donors (Lipinski definition) is 2. The van der Waals surface area contributed by atoms with Crippen LogP contribution in [0.25, 0.3) is 0 Å². The quantitative estimate of drug-likeness (QED) is 0.786. The summed E-state index contributed by atoms with van der Waals surface area (Å²) in [5.74, 6) is -0.356. The molecule has 0 fully saturated rings. The zero-order valence-electron chi connectivity index (χ0n) is 9.37. The van der Waals surface area contributed by atoms with Gasteiger partial charge < -0.3 is 10.4 Å². The molecule has 0 unspecified atom stereocenters. The molecule has 0 saturated heterocycles. The van der Waals surface area contributed by atoms with Gasteiger partial charge in [0.25, 0.3) is 5.91 Å². The summed E-state index contributed by atoms with van der Waals surface area (Å²) in [7, 11) is 0. The number of rotatable bonds is 3. The predicted molar refractivity (Wildman–Crippen MR) is 59.3 cm³/mol. The molecule has 0 aliphatic carbocycles. The first kappa shape index (κ1) is 11.7. The van der Waals surface area contributed by atoms with Crippen LogP contribution in [-0.2, 0) is 11.3 Å². The zero-order valence-corrected chi connectivity index (χ0v) is 9.37. The van der Waals surface area contributed by atoms with Crippen molar-refractivity contribution in [3.8, 4) is 0 Å². The summed E-state index contributed by atoms with van der Waals surface area (Å²) in [6, 6.07) is 7.83. The lowest BCUT2D eigenvalue weighted by Crippen LogP contribution is -2.41. The molecule has 0 aliphatic heterocycles. The molecule has 3 heteroatoms. The predicted octanol–water partition coefficient (Wildman–Crippen LogP) is 1.38. The first-order chi connectivity index (χ1) is 6.91. The highest BCUT2D eigenvalue weighted by atomic mass is 16.3. The van der Waals surface area contributed by atoms with Crippen LogP contribution in [0.5, 0.6) is 0 Å². The minimum absolute atomic E-state index is 0.356. The summed E-state index contributed by atoms with van der Waals surface area (Å²) < 4.78 is 0. The van der Waals surface area contributed by atoms with Crippen LogP contribution in [0.3, 0.4) is 0 Å². The van der Waals surface area contributed by atoms with E-state index in [2.05, 4.69) is 5.32 Å². The molecule has 1 aromatic carbocycles. The maximum Gasteiger partial charge on any atom is 0.251 e. The Morgan fingerprint density at radius 3 is 2.53 bits per heavy atom. The second-order valence-corrected chi connectivity index (χ2v) is 4.17. The highest BCUT2D eigenvalue weighted by molar-refractivity contribution is 5.83. The average Bonchev–Trinajstić information content (AvgIpc) is 2.14. The first-order valence-electron chi connectivity index (χ1n) is 4.96. The maximum atomic E-state index is 11.4. The van der Waals surface area contributed by atoms with Gasteiger partial charge in [-0.3, -0.25) is 4.79 Å². The third-order valence-electron chi connectivity index (χ3n) is 2.26. The molecule has 15 heavy (non-hydrogen) atoms. The van der Waals surface area contributed by atoms with Crippen LogP contribution in [-0.4, -0.2) is 16.6 Å². The topological polar surface area (TPSA) is 49.3 Å². The van der Waals surface area contributed by atoms with Crippen molar-refractivity contribution < 1.29 is 9.90 Å². The molecule has 1 rings (SSSR count). The summed E-state index contributed by atoms with van der Waals surface area (Å²) >= 11 is 0. The summed E-state index contributed by atoms with van der Waals surface area (Å²) in [6.45, 7) is 5.39. The SMILES string of the molecule is Cc1ccccc1CNC(=O)C(C)(C)O. The zero-order chi connectivity index (χ0) is 11.5. The van der Waals surface area contributed by atoms with Crippen LogP contribution < -0.4 is 5.32 Å². The lowest BCUT2D eigenvalue weighted by Gasteiger charge is -2.17. The van der Waals surface area contributed by atoms with Crippen molar-refractivity contribution in [2.24, 2.45) is 0 Å². The van der Waals surface area contributed by atoms with Gasteiger partial charge in [0.15, 0.2) is 0 Å². The number of aliphatic hydroxyl groups is 1. The van der Waals surface area contributed by atoms with Crippen molar-refractivity contribution in [2.45, 2.75) is 32.9 Å². The van der Waals surface area contributed by atoms with E-state index in [-0.39, 0.29) is 5.91 Å². The van der Waals surface area contributed by atoms with Gasteiger partial charge in [-0.05, 0) is 31.9 Å². The Bertz CT molecular complexity index is 353. The summed E-state index contributed by atoms with van der Waals surface area (Å²) in [6.07, 6.45) is 0. The van der Waals surface area contributed by atoms with Crippen LogP contribution in [0.2, 0.25) is 0 Å². The molecule has 0 radical (unpaired) electrons. The van der Waals surface area contributed by atoms with Gasteiger partial charge in [-0.1, -0.05) is 24.3 Å². The Morgan fingerprint density at radius 1 is 1.40 bits per heavy atom. The van der Waals surface area contributed by atoms with E-state index in [1.54, 1.807) is 0 Å².